The maximum absolute atomic E-state index is 12.0. The highest BCUT2D eigenvalue weighted by Crippen LogP contribution is 2.15. The van der Waals surface area contributed by atoms with Crippen molar-refractivity contribution in [3.63, 3.8) is 0 Å². The lowest BCUT2D eigenvalue weighted by atomic mass is 10.2. The van der Waals surface area contributed by atoms with Crippen LogP contribution in [0.5, 0.6) is 0 Å². The number of nitrogens with zero attached hydrogens (tertiary/aromatic N) is 4. The molecule has 1 aromatic rings. The van der Waals surface area contributed by atoms with E-state index in [9.17, 15) is 9.59 Å². The van der Waals surface area contributed by atoms with Crippen molar-refractivity contribution < 1.29 is 9.53 Å². The Kier molecular flexibility index (Phi) is 5.54. The second-order valence-electron chi connectivity index (χ2n) is 6.34. The minimum atomic E-state index is -0.508. The standard InChI is InChI=1S/C14H20Cl2N4O3/c1-14(2,3)23-13(22)19-6-4-18(5-7-19)9-20-12(21)11(16)10(15)8-17-20/h8H,4-7,9H2,1-3H3. The Labute approximate surface area is 144 Å². The van der Waals surface area contributed by atoms with Crippen LogP contribution in [0.4, 0.5) is 4.79 Å². The van der Waals surface area contributed by atoms with Gasteiger partial charge in [0.25, 0.3) is 5.56 Å². The highest BCUT2D eigenvalue weighted by molar-refractivity contribution is 6.41. The topological polar surface area (TPSA) is 67.7 Å². The van der Waals surface area contributed by atoms with Gasteiger partial charge in [0.15, 0.2) is 0 Å². The van der Waals surface area contributed by atoms with Crippen molar-refractivity contribution in [3.05, 3.63) is 26.6 Å². The number of hydrogen-bond acceptors (Lipinski definition) is 5. The normalized spacial score (nSPS) is 16.5. The summed E-state index contributed by atoms with van der Waals surface area (Å²) < 4.78 is 6.61. The van der Waals surface area contributed by atoms with Gasteiger partial charge in [-0.3, -0.25) is 9.69 Å². The summed E-state index contributed by atoms with van der Waals surface area (Å²) in [5.74, 6) is 0. The molecule has 0 bridgehead atoms. The first kappa shape index (κ1) is 18.0. The van der Waals surface area contributed by atoms with E-state index in [2.05, 4.69) is 5.10 Å². The maximum atomic E-state index is 12.0. The van der Waals surface area contributed by atoms with E-state index in [-0.39, 0.29) is 16.1 Å². The second-order valence-corrected chi connectivity index (χ2v) is 7.12. The molecule has 128 valence electrons. The van der Waals surface area contributed by atoms with Gasteiger partial charge in [-0.2, -0.15) is 5.10 Å². The van der Waals surface area contributed by atoms with Crippen LogP contribution in [0.25, 0.3) is 0 Å². The van der Waals surface area contributed by atoms with Gasteiger partial charge in [-0.1, -0.05) is 23.2 Å². The summed E-state index contributed by atoms with van der Waals surface area (Å²) in [7, 11) is 0. The molecule has 23 heavy (non-hydrogen) atoms. The minimum absolute atomic E-state index is 0.0333. The molecule has 0 aliphatic carbocycles. The number of hydrogen-bond donors (Lipinski definition) is 0. The van der Waals surface area contributed by atoms with Gasteiger partial charge in [0.2, 0.25) is 0 Å². The van der Waals surface area contributed by atoms with Crippen LogP contribution in [0.1, 0.15) is 20.8 Å². The molecule has 0 atom stereocenters. The summed E-state index contributed by atoms with van der Waals surface area (Å²) in [4.78, 5) is 27.6. The van der Waals surface area contributed by atoms with Crippen LogP contribution in [-0.4, -0.2) is 57.5 Å². The lowest BCUT2D eigenvalue weighted by Gasteiger charge is -2.35. The molecular weight excluding hydrogens is 343 g/mol. The summed E-state index contributed by atoms with van der Waals surface area (Å²) in [5, 5.41) is 4.08. The molecule has 0 unspecified atom stereocenters. The zero-order chi connectivity index (χ0) is 17.2. The van der Waals surface area contributed by atoms with Gasteiger partial charge in [-0.05, 0) is 20.8 Å². The molecule has 1 amide bonds. The molecule has 2 rings (SSSR count). The number of piperazine rings is 1. The number of amides is 1. The summed E-state index contributed by atoms with van der Waals surface area (Å²) in [6.07, 6.45) is 1.03. The number of halogens is 2. The molecule has 0 saturated carbocycles. The molecule has 9 heteroatoms. The van der Waals surface area contributed by atoms with E-state index in [4.69, 9.17) is 27.9 Å². The van der Waals surface area contributed by atoms with Crippen molar-refractivity contribution in [1.82, 2.24) is 19.6 Å². The van der Waals surface area contributed by atoms with Crippen molar-refractivity contribution in [2.45, 2.75) is 33.0 Å². The molecule has 0 aromatic carbocycles. The Hall–Kier alpha value is -1.31. The lowest BCUT2D eigenvalue weighted by molar-refractivity contribution is 0.0112. The average molecular weight is 363 g/mol. The highest BCUT2D eigenvalue weighted by atomic mass is 35.5. The van der Waals surface area contributed by atoms with Gasteiger partial charge < -0.3 is 9.64 Å². The number of aromatic nitrogens is 2. The van der Waals surface area contributed by atoms with Crippen LogP contribution in [0, 0.1) is 0 Å². The van der Waals surface area contributed by atoms with Crippen LogP contribution in [0.2, 0.25) is 10.0 Å². The fourth-order valence-electron chi connectivity index (χ4n) is 2.13. The zero-order valence-electron chi connectivity index (χ0n) is 13.4. The quantitative estimate of drug-likeness (QED) is 0.805. The Morgan fingerprint density at radius 1 is 1.26 bits per heavy atom. The van der Waals surface area contributed by atoms with E-state index >= 15 is 0 Å². The third-order valence-electron chi connectivity index (χ3n) is 3.30. The van der Waals surface area contributed by atoms with E-state index in [1.165, 1.54) is 10.9 Å². The van der Waals surface area contributed by atoms with Gasteiger partial charge in [0, 0.05) is 26.2 Å². The summed E-state index contributed by atoms with van der Waals surface area (Å²) >= 11 is 11.6. The first-order valence-electron chi connectivity index (χ1n) is 7.29. The van der Waals surface area contributed by atoms with Crippen LogP contribution in [-0.2, 0) is 11.4 Å². The molecule has 1 aromatic heterocycles. The summed E-state index contributed by atoms with van der Waals surface area (Å²) in [6.45, 7) is 8.12. The Morgan fingerprint density at radius 2 is 1.87 bits per heavy atom. The highest BCUT2D eigenvalue weighted by Gasteiger charge is 2.26. The third-order valence-corrected chi connectivity index (χ3v) is 4.05. The fourth-order valence-corrected chi connectivity index (χ4v) is 2.40. The first-order valence-corrected chi connectivity index (χ1v) is 8.04. The molecule has 0 radical (unpaired) electrons. The van der Waals surface area contributed by atoms with Gasteiger partial charge in [-0.25, -0.2) is 9.48 Å². The summed E-state index contributed by atoms with van der Waals surface area (Å²) in [6, 6.07) is 0. The molecule has 0 N–H and O–H groups in total. The fraction of sp³-hybridized carbons (Fsp3) is 0.643. The van der Waals surface area contributed by atoms with Crippen LogP contribution in [0.15, 0.2) is 11.0 Å². The zero-order valence-corrected chi connectivity index (χ0v) is 14.9. The predicted octanol–water partition coefficient (Wildman–Crippen LogP) is 2.06. The minimum Gasteiger partial charge on any atom is -0.444 e. The first-order chi connectivity index (χ1) is 10.7. The predicted molar refractivity (Wildman–Crippen MR) is 87.9 cm³/mol. The molecule has 1 aliphatic rings. The Morgan fingerprint density at radius 3 is 2.43 bits per heavy atom. The van der Waals surface area contributed by atoms with E-state index in [1.54, 1.807) is 4.90 Å². The van der Waals surface area contributed by atoms with Crippen molar-refractivity contribution >= 4 is 29.3 Å². The summed E-state index contributed by atoms with van der Waals surface area (Å²) in [5.41, 5.74) is -0.931. The van der Waals surface area contributed by atoms with Gasteiger partial charge >= 0.3 is 6.09 Å². The van der Waals surface area contributed by atoms with E-state index in [0.717, 1.165) is 0 Å². The number of carbonyl (C=O) groups is 1. The average Bonchev–Trinajstić information content (AvgIpc) is 2.47. The largest absolute Gasteiger partial charge is 0.444 e. The van der Waals surface area contributed by atoms with Crippen molar-refractivity contribution in [1.29, 1.82) is 0 Å². The van der Waals surface area contributed by atoms with E-state index < -0.39 is 11.2 Å². The van der Waals surface area contributed by atoms with Gasteiger partial charge in [-0.15, -0.1) is 0 Å². The van der Waals surface area contributed by atoms with E-state index in [1.807, 2.05) is 25.7 Å². The van der Waals surface area contributed by atoms with Gasteiger partial charge in [0.1, 0.15) is 10.6 Å². The molecule has 2 heterocycles. The third kappa shape index (κ3) is 4.83. The second kappa shape index (κ2) is 7.07. The molecular formula is C14H20Cl2N4O3. The smallest absolute Gasteiger partial charge is 0.410 e. The number of rotatable bonds is 2. The van der Waals surface area contributed by atoms with Crippen LogP contribution < -0.4 is 5.56 Å². The Balaban J connectivity index is 1.92. The monoisotopic (exact) mass is 362 g/mol. The van der Waals surface area contributed by atoms with Crippen molar-refractivity contribution in [2.24, 2.45) is 0 Å². The lowest BCUT2D eigenvalue weighted by Crippen LogP contribution is -2.51. The molecule has 1 aliphatic heterocycles. The van der Waals surface area contributed by atoms with Crippen molar-refractivity contribution in [3.8, 4) is 0 Å². The molecule has 1 saturated heterocycles. The maximum Gasteiger partial charge on any atom is 0.410 e. The SMILES string of the molecule is CC(C)(C)OC(=O)N1CCN(Cn2ncc(Cl)c(Cl)c2=O)CC1. The molecule has 0 spiro atoms. The Bertz CT molecular complexity index is 634. The van der Waals surface area contributed by atoms with E-state index in [0.29, 0.717) is 32.8 Å². The van der Waals surface area contributed by atoms with Crippen LogP contribution in [0.3, 0.4) is 0 Å². The van der Waals surface area contributed by atoms with Crippen LogP contribution >= 0.6 is 23.2 Å². The van der Waals surface area contributed by atoms with Gasteiger partial charge in [0.05, 0.1) is 17.9 Å². The number of ether oxygens (including phenoxy) is 1. The number of carbonyl (C=O) groups excluding carboxylic acids is 1. The molecule has 1 fully saturated rings. The van der Waals surface area contributed by atoms with Crippen molar-refractivity contribution in [2.75, 3.05) is 26.2 Å². The molecule has 7 nitrogen and oxygen atoms in total.